The third-order valence-corrected chi connectivity index (χ3v) is 2.07. The Morgan fingerprint density at radius 3 is 3.00 bits per heavy atom. The molecule has 0 bridgehead atoms. The number of aromatic amines is 1. The Morgan fingerprint density at radius 1 is 1.50 bits per heavy atom. The van der Waals surface area contributed by atoms with E-state index in [-0.39, 0.29) is 5.82 Å². The molecule has 0 unspecified atom stereocenters. The minimum Gasteiger partial charge on any atom is -0.346 e. The lowest BCUT2D eigenvalue weighted by molar-refractivity contribution is 0.404. The number of pyridine rings is 1. The highest BCUT2D eigenvalue weighted by Gasteiger charge is 2.06. The highest BCUT2D eigenvalue weighted by Crippen LogP contribution is 2.17. The van der Waals surface area contributed by atoms with Crippen LogP contribution >= 0.6 is 0 Å². The van der Waals surface area contributed by atoms with E-state index in [1.165, 1.54) is 12.3 Å². The van der Waals surface area contributed by atoms with E-state index < -0.39 is 0 Å². The van der Waals surface area contributed by atoms with Gasteiger partial charge in [-0.3, -0.25) is 0 Å². The first-order chi connectivity index (χ1) is 6.66. The SMILES string of the molecule is CN(C)Cc1c[nH]c2ncc(F)cc12. The van der Waals surface area contributed by atoms with Crippen molar-refractivity contribution in [1.29, 1.82) is 0 Å². The first kappa shape index (κ1) is 9.15. The summed E-state index contributed by atoms with van der Waals surface area (Å²) < 4.78 is 12.9. The van der Waals surface area contributed by atoms with Gasteiger partial charge in [0.2, 0.25) is 0 Å². The number of halogens is 1. The molecular weight excluding hydrogens is 181 g/mol. The predicted octanol–water partition coefficient (Wildman–Crippen LogP) is 1.76. The van der Waals surface area contributed by atoms with Crippen LogP contribution in [-0.4, -0.2) is 29.0 Å². The van der Waals surface area contributed by atoms with Gasteiger partial charge in [-0.2, -0.15) is 0 Å². The van der Waals surface area contributed by atoms with E-state index in [9.17, 15) is 4.39 Å². The smallest absolute Gasteiger partial charge is 0.142 e. The summed E-state index contributed by atoms with van der Waals surface area (Å²) in [7, 11) is 3.96. The first-order valence-corrected chi connectivity index (χ1v) is 4.43. The van der Waals surface area contributed by atoms with E-state index in [0.29, 0.717) is 0 Å². The van der Waals surface area contributed by atoms with Crippen LogP contribution < -0.4 is 0 Å². The van der Waals surface area contributed by atoms with Gasteiger partial charge in [0.25, 0.3) is 0 Å². The Hall–Kier alpha value is -1.42. The maximum Gasteiger partial charge on any atom is 0.142 e. The second kappa shape index (κ2) is 3.38. The summed E-state index contributed by atoms with van der Waals surface area (Å²) >= 11 is 0. The number of rotatable bonds is 2. The van der Waals surface area contributed by atoms with E-state index in [1.54, 1.807) is 0 Å². The van der Waals surface area contributed by atoms with Crippen molar-refractivity contribution in [2.45, 2.75) is 6.54 Å². The molecule has 0 aromatic carbocycles. The van der Waals surface area contributed by atoms with Gasteiger partial charge in [0.05, 0.1) is 6.20 Å². The zero-order valence-electron chi connectivity index (χ0n) is 8.21. The standard InChI is InChI=1S/C10H12FN3/c1-14(2)6-7-4-12-10-9(7)3-8(11)5-13-10/h3-5H,6H2,1-2H3,(H,12,13). The van der Waals surface area contributed by atoms with Crippen molar-refractivity contribution in [2.24, 2.45) is 0 Å². The maximum absolute atomic E-state index is 12.9. The van der Waals surface area contributed by atoms with Crippen LogP contribution in [0, 0.1) is 5.82 Å². The van der Waals surface area contributed by atoms with Crippen molar-refractivity contribution in [3.05, 3.63) is 29.8 Å². The van der Waals surface area contributed by atoms with Crippen molar-refractivity contribution >= 4 is 11.0 Å². The molecule has 0 amide bonds. The Morgan fingerprint density at radius 2 is 2.29 bits per heavy atom. The van der Waals surface area contributed by atoms with Crippen molar-refractivity contribution in [3.63, 3.8) is 0 Å². The molecule has 0 aliphatic rings. The van der Waals surface area contributed by atoms with Crippen molar-refractivity contribution in [1.82, 2.24) is 14.9 Å². The van der Waals surface area contributed by atoms with Crippen LogP contribution in [0.3, 0.4) is 0 Å². The fraction of sp³-hybridized carbons (Fsp3) is 0.300. The van der Waals surface area contributed by atoms with Crippen LogP contribution in [0.4, 0.5) is 4.39 Å². The number of aromatic nitrogens is 2. The van der Waals surface area contributed by atoms with Crippen molar-refractivity contribution in [3.8, 4) is 0 Å². The first-order valence-electron chi connectivity index (χ1n) is 4.43. The zero-order valence-corrected chi connectivity index (χ0v) is 8.21. The summed E-state index contributed by atoms with van der Waals surface area (Å²) in [5.74, 6) is -0.294. The lowest BCUT2D eigenvalue weighted by Gasteiger charge is -2.07. The number of hydrogen-bond acceptors (Lipinski definition) is 2. The Bertz CT molecular complexity index is 448. The maximum atomic E-state index is 12.9. The molecule has 0 aliphatic carbocycles. The molecule has 0 atom stereocenters. The van der Waals surface area contributed by atoms with Crippen LogP contribution in [-0.2, 0) is 6.54 Å². The second-order valence-electron chi connectivity index (χ2n) is 3.60. The predicted molar refractivity (Wildman–Crippen MR) is 53.4 cm³/mol. The molecule has 1 N–H and O–H groups in total. The van der Waals surface area contributed by atoms with Gasteiger partial charge in [0.1, 0.15) is 11.5 Å². The lowest BCUT2D eigenvalue weighted by Crippen LogP contribution is -2.10. The minimum atomic E-state index is -0.294. The molecule has 0 radical (unpaired) electrons. The summed E-state index contributed by atoms with van der Waals surface area (Å²) in [5.41, 5.74) is 1.81. The molecule has 74 valence electrons. The van der Waals surface area contributed by atoms with E-state index in [1.807, 2.05) is 25.2 Å². The van der Waals surface area contributed by atoms with E-state index in [4.69, 9.17) is 0 Å². The summed E-state index contributed by atoms with van der Waals surface area (Å²) in [4.78, 5) is 9.01. The van der Waals surface area contributed by atoms with Gasteiger partial charge >= 0.3 is 0 Å². The third kappa shape index (κ3) is 1.61. The normalized spacial score (nSPS) is 11.4. The molecule has 4 heteroatoms. The average molecular weight is 193 g/mol. The number of H-pyrrole nitrogens is 1. The molecular formula is C10H12FN3. The molecule has 2 rings (SSSR count). The van der Waals surface area contributed by atoms with Crippen molar-refractivity contribution < 1.29 is 4.39 Å². The van der Waals surface area contributed by atoms with Gasteiger partial charge in [-0.1, -0.05) is 0 Å². The van der Waals surface area contributed by atoms with Gasteiger partial charge < -0.3 is 9.88 Å². The van der Waals surface area contributed by atoms with E-state index >= 15 is 0 Å². The molecule has 14 heavy (non-hydrogen) atoms. The van der Waals surface area contributed by atoms with Crippen molar-refractivity contribution in [2.75, 3.05) is 14.1 Å². The van der Waals surface area contributed by atoms with Gasteiger partial charge in [0.15, 0.2) is 0 Å². The molecule has 0 spiro atoms. The quantitative estimate of drug-likeness (QED) is 0.788. The summed E-state index contributed by atoms with van der Waals surface area (Å²) in [6.07, 6.45) is 3.09. The zero-order chi connectivity index (χ0) is 10.1. The highest BCUT2D eigenvalue weighted by atomic mass is 19.1. The average Bonchev–Trinajstić information content (AvgIpc) is 2.47. The fourth-order valence-corrected chi connectivity index (χ4v) is 1.50. The highest BCUT2D eigenvalue weighted by molar-refractivity contribution is 5.79. The van der Waals surface area contributed by atoms with Crippen LogP contribution in [0.15, 0.2) is 18.5 Å². The largest absolute Gasteiger partial charge is 0.346 e. The lowest BCUT2D eigenvalue weighted by atomic mass is 10.2. The number of nitrogens with one attached hydrogen (secondary N) is 1. The second-order valence-corrected chi connectivity index (χ2v) is 3.60. The molecule has 0 saturated heterocycles. The van der Waals surface area contributed by atoms with E-state index in [2.05, 4.69) is 9.97 Å². The summed E-state index contributed by atoms with van der Waals surface area (Å²) in [5, 5.41) is 0.860. The molecule has 2 aromatic heterocycles. The van der Waals surface area contributed by atoms with Crippen LogP contribution in [0.2, 0.25) is 0 Å². The van der Waals surface area contributed by atoms with Gasteiger partial charge in [-0.15, -0.1) is 0 Å². The molecule has 0 saturated carbocycles. The Kier molecular flexibility index (Phi) is 2.21. The monoisotopic (exact) mass is 193 g/mol. The molecule has 0 fully saturated rings. The number of nitrogens with zero attached hydrogens (tertiary/aromatic N) is 2. The van der Waals surface area contributed by atoms with Gasteiger partial charge in [-0.05, 0) is 25.7 Å². The Labute approximate surface area is 81.6 Å². The summed E-state index contributed by atoms with van der Waals surface area (Å²) in [6.45, 7) is 0.783. The van der Waals surface area contributed by atoms with Gasteiger partial charge in [-0.25, -0.2) is 9.37 Å². The third-order valence-electron chi connectivity index (χ3n) is 2.07. The Balaban J connectivity index is 2.50. The number of fused-ring (bicyclic) bond motifs is 1. The minimum absolute atomic E-state index is 0.294. The number of hydrogen-bond donors (Lipinski definition) is 1. The molecule has 0 aliphatic heterocycles. The van der Waals surface area contributed by atoms with E-state index in [0.717, 1.165) is 23.1 Å². The fourth-order valence-electron chi connectivity index (χ4n) is 1.50. The molecule has 3 nitrogen and oxygen atoms in total. The molecule has 2 heterocycles. The molecule has 2 aromatic rings. The topological polar surface area (TPSA) is 31.9 Å². The van der Waals surface area contributed by atoms with Crippen LogP contribution in [0.5, 0.6) is 0 Å². The van der Waals surface area contributed by atoms with Gasteiger partial charge in [0, 0.05) is 18.1 Å². The van der Waals surface area contributed by atoms with Crippen LogP contribution in [0.1, 0.15) is 5.56 Å². The summed E-state index contributed by atoms with van der Waals surface area (Å²) in [6, 6.07) is 1.51. The van der Waals surface area contributed by atoms with Crippen LogP contribution in [0.25, 0.3) is 11.0 Å².